The maximum Gasteiger partial charge on any atom is 0.293 e. The third kappa shape index (κ3) is 3.57. The van der Waals surface area contributed by atoms with E-state index in [1.165, 1.54) is 18.0 Å². The van der Waals surface area contributed by atoms with Gasteiger partial charge in [-0.2, -0.15) is 9.78 Å². The Balaban J connectivity index is 1.75. The number of halogens is 1. The van der Waals surface area contributed by atoms with E-state index in [1.807, 2.05) is 0 Å². The van der Waals surface area contributed by atoms with Gasteiger partial charge in [0.25, 0.3) is 5.91 Å². The van der Waals surface area contributed by atoms with E-state index in [1.54, 1.807) is 19.1 Å². The average molecular weight is 437 g/mol. The van der Waals surface area contributed by atoms with E-state index in [0.717, 1.165) is 0 Å². The lowest BCUT2D eigenvalue weighted by Gasteiger charge is -2.06. The normalized spacial score (nSPS) is 11.1. The molecule has 0 aliphatic carbocycles. The lowest BCUT2D eigenvalue weighted by atomic mass is 10.2. The van der Waals surface area contributed by atoms with Crippen LogP contribution in [-0.2, 0) is 0 Å². The number of amides is 1. The summed E-state index contributed by atoms with van der Waals surface area (Å²) in [6.45, 7) is 1.61. The molecule has 3 rings (SSSR count). The predicted octanol–water partition coefficient (Wildman–Crippen LogP) is 0.782. The largest absolute Gasteiger partial charge is 0.503 e. The van der Waals surface area contributed by atoms with E-state index in [4.69, 9.17) is 10.5 Å². The molecule has 0 saturated carbocycles. The Morgan fingerprint density at radius 3 is 2.93 bits per heavy atom. The molecule has 27 heavy (non-hydrogen) atoms. The molecule has 0 aliphatic rings. The Morgan fingerprint density at radius 1 is 1.48 bits per heavy atom. The fourth-order valence-electron chi connectivity index (χ4n) is 2.12. The number of anilines is 1. The predicted molar refractivity (Wildman–Crippen MR) is 95.8 cm³/mol. The molecule has 3 aromatic rings. The van der Waals surface area contributed by atoms with E-state index in [-0.39, 0.29) is 28.8 Å². The van der Waals surface area contributed by atoms with E-state index < -0.39 is 5.91 Å². The molecule has 1 amide bonds. The second-order valence-corrected chi connectivity index (χ2v) is 6.02. The molecule has 13 heteroatoms. The fourth-order valence-corrected chi connectivity index (χ4v) is 2.58. The number of nitrogens with zero attached hydrogens (tertiary/aromatic N) is 6. The fraction of sp³-hybridized carbons (Fsp3) is 0.143. The number of phenols is 1. The summed E-state index contributed by atoms with van der Waals surface area (Å²) in [7, 11) is 1.42. The second kappa shape index (κ2) is 7.41. The highest BCUT2D eigenvalue weighted by molar-refractivity contribution is 9.10. The number of phenolic OH excluding ortho intramolecular Hbond substituents is 1. The topological polar surface area (TPSA) is 167 Å². The first-order valence-corrected chi connectivity index (χ1v) is 8.12. The Bertz CT molecular complexity index is 1030. The monoisotopic (exact) mass is 436 g/mol. The molecule has 4 N–H and O–H groups in total. The van der Waals surface area contributed by atoms with E-state index in [9.17, 15) is 9.90 Å². The number of hydrogen-bond acceptors (Lipinski definition) is 10. The number of aromatic nitrogens is 5. The van der Waals surface area contributed by atoms with Crippen LogP contribution in [-0.4, -0.2) is 49.6 Å². The van der Waals surface area contributed by atoms with Crippen LogP contribution in [0.1, 0.15) is 21.7 Å². The van der Waals surface area contributed by atoms with Gasteiger partial charge in [0, 0.05) is 0 Å². The summed E-state index contributed by atoms with van der Waals surface area (Å²) in [6.07, 6.45) is 1.38. The molecule has 140 valence electrons. The summed E-state index contributed by atoms with van der Waals surface area (Å²) in [6, 6.07) is 3.16. The van der Waals surface area contributed by atoms with Crippen LogP contribution in [0.4, 0.5) is 5.82 Å². The molecule has 0 spiro atoms. The average Bonchev–Trinajstić information content (AvgIpc) is 3.22. The van der Waals surface area contributed by atoms with Crippen LogP contribution < -0.4 is 15.9 Å². The third-order valence-corrected chi connectivity index (χ3v) is 4.06. The SMILES string of the molecule is COc1cc(C=NNC(=O)c2nnn(-c3nonc3N)c2C)cc(Br)c1O. The number of ether oxygens (including phenoxy) is 1. The molecule has 1 aromatic carbocycles. The van der Waals surface area contributed by atoms with Gasteiger partial charge in [0.05, 0.1) is 23.5 Å². The van der Waals surface area contributed by atoms with Gasteiger partial charge in [-0.25, -0.2) is 10.1 Å². The van der Waals surface area contributed by atoms with Crippen LogP contribution >= 0.6 is 15.9 Å². The van der Waals surface area contributed by atoms with Crippen LogP contribution in [0.5, 0.6) is 11.5 Å². The van der Waals surface area contributed by atoms with Crippen molar-refractivity contribution in [1.82, 2.24) is 30.7 Å². The van der Waals surface area contributed by atoms with Gasteiger partial charge in [-0.15, -0.1) is 5.10 Å². The maximum atomic E-state index is 12.3. The maximum absolute atomic E-state index is 12.3. The minimum absolute atomic E-state index is 0.0137. The molecule has 0 unspecified atom stereocenters. The van der Waals surface area contributed by atoms with E-state index >= 15 is 0 Å². The highest BCUT2D eigenvalue weighted by Gasteiger charge is 2.20. The van der Waals surface area contributed by atoms with Gasteiger partial charge in [-0.1, -0.05) is 5.21 Å². The number of methoxy groups -OCH3 is 1. The van der Waals surface area contributed by atoms with Crippen LogP contribution in [0.2, 0.25) is 0 Å². The van der Waals surface area contributed by atoms with E-state index in [2.05, 4.69) is 51.7 Å². The highest BCUT2D eigenvalue weighted by Crippen LogP contribution is 2.34. The van der Waals surface area contributed by atoms with Gasteiger partial charge in [0.1, 0.15) is 0 Å². The van der Waals surface area contributed by atoms with Gasteiger partial charge in [0.2, 0.25) is 11.6 Å². The number of carbonyl (C=O) groups is 1. The molecule has 2 heterocycles. The number of nitrogen functional groups attached to an aromatic ring is 1. The molecule has 0 aliphatic heterocycles. The van der Waals surface area contributed by atoms with E-state index in [0.29, 0.717) is 15.7 Å². The molecule has 12 nitrogen and oxygen atoms in total. The molecule has 0 fully saturated rings. The van der Waals surface area contributed by atoms with Crippen molar-refractivity contribution < 1.29 is 19.3 Å². The molecule has 0 atom stereocenters. The van der Waals surface area contributed by atoms with Crippen molar-refractivity contribution in [2.45, 2.75) is 6.92 Å². The molecule has 0 bridgehead atoms. The van der Waals surface area contributed by atoms with Crippen molar-refractivity contribution in [2.75, 3.05) is 12.8 Å². The van der Waals surface area contributed by atoms with Crippen molar-refractivity contribution in [1.29, 1.82) is 0 Å². The molecular weight excluding hydrogens is 424 g/mol. The molecule has 2 aromatic heterocycles. The second-order valence-electron chi connectivity index (χ2n) is 5.16. The zero-order chi connectivity index (χ0) is 19.6. The summed E-state index contributed by atoms with van der Waals surface area (Å²) in [4.78, 5) is 12.3. The summed E-state index contributed by atoms with van der Waals surface area (Å²) >= 11 is 3.20. The first kappa shape index (κ1) is 18.3. The number of nitrogens with two attached hydrogens (primary N) is 1. The van der Waals surface area contributed by atoms with Gasteiger partial charge in [-0.3, -0.25) is 4.79 Å². The third-order valence-electron chi connectivity index (χ3n) is 3.46. The minimum Gasteiger partial charge on any atom is -0.503 e. The Morgan fingerprint density at radius 2 is 2.26 bits per heavy atom. The zero-order valence-corrected chi connectivity index (χ0v) is 15.6. The molecule has 0 radical (unpaired) electrons. The number of nitrogens with one attached hydrogen (secondary N) is 1. The quantitative estimate of drug-likeness (QED) is 0.386. The summed E-state index contributed by atoms with van der Waals surface area (Å²) in [5.41, 5.74) is 8.93. The van der Waals surface area contributed by atoms with Crippen molar-refractivity contribution in [3.05, 3.63) is 33.6 Å². The van der Waals surface area contributed by atoms with Crippen LogP contribution in [0, 0.1) is 6.92 Å². The number of aromatic hydroxyl groups is 1. The van der Waals surface area contributed by atoms with Crippen molar-refractivity contribution in [2.24, 2.45) is 5.10 Å². The lowest BCUT2D eigenvalue weighted by molar-refractivity contribution is 0.0949. The van der Waals surface area contributed by atoms with Gasteiger partial charge < -0.3 is 15.6 Å². The van der Waals surface area contributed by atoms with Crippen molar-refractivity contribution >= 4 is 33.9 Å². The summed E-state index contributed by atoms with van der Waals surface area (Å²) in [5, 5.41) is 28.3. The highest BCUT2D eigenvalue weighted by atomic mass is 79.9. The summed E-state index contributed by atoms with van der Waals surface area (Å²) < 4.78 is 11.2. The van der Waals surface area contributed by atoms with Crippen LogP contribution in [0.25, 0.3) is 5.82 Å². The lowest BCUT2D eigenvalue weighted by Crippen LogP contribution is -2.19. The minimum atomic E-state index is -0.588. The van der Waals surface area contributed by atoms with Gasteiger partial charge in [-0.05, 0) is 50.9 Å². The summed E-state index contributed by atoms with van der Waals surface area (Å²) in [5.74, 6) is -0.222. The first-order valence-electron chi connectivity index (χ1n) is 7.33. The standard InChI is InChI=1S/C14H13BrN8O4/c1-6-10(18-22-23(6)13-12(16)20-27-21-13)14(25)19-17-5-7-3-8(15)11(24)9(4-7)26-2/h3-5,24H,1-2H3,(H2,16,20)(H,19,25). The van der Waals surface area contributed by atoms with Crippen molar-refractivity contribution in [3.63, 3.8) is 0 Å². The van der Waals surface area contributed by atoms with Gasteiger partial charge in [0.15, 0.2) is 17.2 Å². The number of hydrazone groups is 1. The number of benzene rings is 1. The number of rotatable bonds is 5. The molecular formula is C14H13BrN8O4. The van der Waals surface area contributed by atoms with Crippen LogP contribution in [0.3, 0.4) is 0 Å². The Labute approximate surface area is 160 Å². The zero-order valence-electron chi connectivity index (χ0n) is 14.0. The van der Waals surface area contributed by atoms with Crippen molar-refractivity contribution in [3.8, 4) is 17.3 Å². The Kier molecular flexibility index (Phi) is 5.03. The first-order chi connectivity index (χ1) is 12.9. The van der Waals surface area contributed by atoms with Gasteiger partial charge >= 0.3 is 0 Å². The smallest absolute Gasteiger partial charge is 0.293 e. The Hall–Kier alpha value is -3.48. The number of hydrogen-bond donors (Lipinski definition) is 3. The molecule has 0 saturated heterocycles. The van der Waals surface area contributed by atoms with Crippen LogP contribution in [0.15, 0.2) is 26.3 Å². The number of carbonyl (C=O) groups excluding carboxylic acids is 1.